The van der Waals surface area contributed by atoms with E-state index >= 15 is 0 Å². The Morgan fingerprint density at radius 2 is 1.89 bits per heavy atom. The Morgan fingerprint density at radius 3 is 2.39 bits per heavy atom. The van der Waals surface area contributed by atoms with Gasteiger partial charge in [0.15, 0.2) is 6.29 Å². The van der Waals surface area contributed by atoms with E-state index in [1.165, 1.54) is 32.2 Å². The summed E-state index contributed by atoms with van der Waals surface area (Å²) in [6.07, 6.45) is 5.28. The highest BCUT2D eigenvalue weighted by molar-refractivity contribution is 4.88. The monoisotopic (exact) mass is 256 g/mol. The summed E-state index contributed by atoms with van der Waals surface area (Å²) in [5, 5.41) is 3.58. The molecule has 18 heavy (non-hydrogen) atoms. The van der Waals surface area contributed by atoms with Crippen LogP contribution in [0.25, 0.3) is 0 Å². The summed E-state index contributed by atoms with van der Waals surface area (Å²) in [5.41, 5.74) is 0. The third-order valence-corrected chi connectivity index (χ3v) is 3.77. The van der Waals surface area contributed by atoms with Crippen molar-refractivity contribution in [3.63, 3.8) is 0 Å². The molecule has 4 nitrogen and oxygen atoms in total. The van der Waals surface area contributed by atoms with E-state index in [-0.39, 0.29) is 6.29 Å². The second-order valence-corrected chi connectivity index (χ2v) is 5.32. The van der Waals surface area contributed by atoms with Gasteiger partial charge in [0.2, 0.25) is 0 Å². The molecule has 106 valence electrons. The Labute approximate surface area is 111 Å². The van der Waals surface area contributed by atoms with Crippen molar-refractivity contribution in [2.24, 2.45) is 0 Å². The van der Waals surface area contributed by atoms with Crippen LogP contribution in [0.3, 0.4) is 0 Å². The minimum atomic E-state index is -0.0537. The van der Waals surface area contributed by atoms with Gasteiger partial charge in [0.1, 0.15) is 0 Å². The summed E-state index contributed by atoms with van der Waals surface area (Å²) in [5.74, 6) is 0. The van der Waals surface area contributed by atoms with Crippen LogP contribution in [0.4, 0.5) is 0 Å². The summed E-state index contributed by atoms with van der Waals surface area (Å²) in [6.45, 7) is 8.78. The van der Waals surface area contributed by atoms with Gasteiger partial charge in [0.25, 0.3) is 0 Å². The van der Waals surface area contributed by atoms with E-state index in [1.807, 2.05) is 13.8 Å². The van der Waals surface area contributed by atoms with Crippen LogP contribution in [0.2, 0.25) is 0 Å². The standard InChI is InChI=1S/C14H28N2O2/c1-3-17-14(18-4-2)11-16(13-7-8-13)10-12-6-5-9-15-12/h12-15H,3-11H2,1-2H3. The van der Waals surface area contributed by atoms with Crippen LogP contribution in [0.5, 0.6) is 0 Å². The van der Waals surface area contributed by atoms with Crippen molar-refractivity contribution in [2.75, 3.05) is 32.8 Å². The summed E-state index contributed by atoms with van der Waals surface area (Å²) >= 11 is 0. The molecule has 0 aromatic rings. The zero-order valence-electron chi connectivity index (χ0n) is 11.9. The lowest BCUT2D eigenvalue weighted by atomic mass is 10.2. The Hall–Kier alpha value is -0.160. The number of rotatable bonds is 9. The van der Waals surface area contributed by atoms with Crippen LogP contribution in [0.15, 0.2) is 0 Å². The molecular formula is C14H28N2O2. The number of hydrogen-bond acceptors (Lipinski definition) is 4. The highest BCUT2D eigenvalue weighted by atomic mass is 16.7. The van der Waals surface area contributed by atoms with Gasteiger partial charge < -0.3 is 14.8 Å². The molecule has 2 rings (SSSR count). The first-order chi connectivity index (χ1) is 8.83. The molecule has 1 N–H and O–H groups in total. The zero-order valence-corrected chi connectivity index (χ0v) is 11.9. The van der Waals surface area contributed by atoms with Crippen LogP contribution in [-0.2, 0) is 9.47 Å². The third kappa shape index (κ3) is 4.50. The average molecular weight is 256 g/mol. The minimum absolute atomic E-state index is 0.0537. The Morgan fingerprint density at radius 1 is 1.17 bits per heavy atom. The quantitative estimate of drug-likeness (QED) is 0.635. The Kier molecular flexibility index (Phi) is 5.89. The van der Waals surface area contributed by atoms with Gasteiger partial charge in [-0.2, -0.15) is 0 Å². The zero-order chi connectivity index (χ0) is 12.8. The van der Waals surface area contributed by atoms with Crippen molar-refractivity contribution in [3.05, 3.63) is 0 Å². The average Bonchev–Trinajstić information content (AvgIpc) is 3.08. The van der Waals surface area contributed by atoms with E-state index < -0.39 is 0 Å². The maximum atomic E-state index is 5.67. The predicted molar refractivity (Wildman–Crippen MR) is 72.7 cm³/mol. The molecule has 2 fully saturated rings. The highest BCUT2D eigenvalue weighted by Gasteiger charge is 2.32. The van der Waals surface area contributed by atoms with Gasteiger partial charge in [-0.25, -0.2) is 0 Å². The minimum Gasteiger partial charge on any atom is -0.352 e. The van der Waals surface area contributed by atoms with Crippen LogP contribution < -0.4 is 5.32 Å². The summed E-state index contributed by atoms with van der Waals surface area (Å²) in [7, 11) is 0. The van der Waals surface area contributed by atoms with E-state index in [4.69, 9.17) is 9.47 Å². The van der Waals surface area contributed by atoms with Crippen molar-refractivity contribution >= 4 is 0 Å². The molecule has 1 saturated carbocycles. The molecule has 0 aromatic carbocycles. The highest BCUT2D eigenvalue weighted by Crippen LogP contribution is 2.28. The molecule has 1 aliphatic heterocycles. The van der Waals surface area contributed by atoms with Crippen molar-refractivity contribution < 1.29 is 9.47 Å². The lowest BCUT2D eigenvalue weighted by Gasteiger charge is -2.29. The normalized spacial score (nSPS) is 24.3. The second kappa shape index (κ2) is 7.43. The smallest absolute Gasteiger partial charge is 0.170 e. The summed E-state index contributed by atoms with van der Waals surface area (Å²) < 4.78 is 11.3. The van der Waals surface area contributed by atoms with Gasteiger partial charge in [-0.05, 0) is 46.1 Å². The van der Waals surface area contributed by atoms with Gasteiger partial charge in [0, 0.05) is 38.4 Å². The molecule has 2 aliphatic rings. The fourth-order valence-corrected chi connectivity index (χ4v) is 2.72. The fraction of sp³-hybridized carbons (Fsp3) is 1.00. The van der Waals surface area contributed by atoms with Crippen molar-refractivity contribution in [2.45, 2.75) is 57.9 Å². The summed E-state index contributed by atoms with van der Waals surface area (Å²) in [4.78, 5) is 2.57. The van der Waals surface area contributed by atoms with E-state index in [0.29, 0.717) is 6.04 Å². The van der Waals surface area contributed by atoms with Gasteiger partial charge in [-0.1, -0.05) is 0 Å². The molecule has 1 aliphatic carbocycles. The van der Waals surface area contributed by atoms with Crippen LogP contribution in [-0.4, -0.2) is 56.1 Å². The second-order valence-electron chi connectivity index (χ2n) is 5.32. The van der Waals surface area contributed by atoms with Gasteiger partial charge in [-0.15, -0.1) is 0 Å². The topological polar surface area (TPSA) is 33.7 Å². The van der Waals surface area contributed by atoms with Gasteiger partial charge >= 0.3 is 0 Å². The first-order valence-electron chi connectivity index (χ1n) is 7.54. The fourth-order valence-electron chi connectivity index (χ4n) is 2.72. The first-order valence-corrected chi connectivity index (χ1v) is 7.54. The molecule has 0 bridgehead atoms. The Balaban J connectivity index is 1.79. The van der Waals surface area contributed by atoms with Gasteiger partial charge in [-0.3, -0.25) is 4.90 Å². The van der Waals surface area contributed by atoms with Crippen LogP contribution in [0.1, 0.15) is 39.5 Å². The van der Waals surface area contributed by atoms with Crippen molar-refractivity contribution in [3.8, 4) is 0 Å². The van der Waals surface area contributed by atoms with Crippen LogP contribution >= 0.6 is 0 Å². The lowest BCUT2D eigenvalue weighted by molar-refractivity contribution is -0.148. The van der Waals surface area contributed by atoms with E-state index in [0.717, 1.165) is 32.3 Å². The van der Waals surface area contributed by atoms with Crippen LogP contribution in [0, 0.1) is 0 Å². The molecule has 0 aromatic heterocycles. The number of nitrogens with one attached hydrogen (secondary N) is 1. The molecular weight excluding hydrogens is 228 g/mol. The van der Waals surface area contributed by atoms with E-state index in [9.17, 15) is 0 Å². The third-order valence-electron chi connectivity index (χ3n) is 3.77. The first kappa shape index (κ1) is 14.3. The van der Waals surface area contributed by atoms with E-state index in [2.05, 4.69) is 10.2 Å². The SMILES string of the molecule is CCOC(CN(CC1CCCN1)C1CC1)OCC. The van der Waals surface area contributed by atoms with E-state index in [1.54, 1.807) is 0 Å². The molecule has 1 saturated heterocycles. The maximum absolute atomic E-state index is 5.67. The largest absolute Gasteiger partial charge is 0.352 e. The molecule has 0 amide bonds. The molecule has 0 radical (unpaired) electrons. The number of nitrogens with zero attached hydrogens (tertiary/aromatic N) is 1. The molecule has 1 heterocycles. The molecule has 0 spiro atoms. The lowest BCUT2D eigenvalue weighted by Crippen LogP contribution is -2.43. The maximum Gasteiger partial charge on any atom is 0.170 e. The number of ether oxygens (including phenoxy) is 2. The summed E-state index contributed by atoms with van der Waals surface area (Å²) in [6, 6.07) is 1.45. The van der Waals surface area contributed by atoms with Crippen molar-refractivity contribution in [1.82, 2.24) is 10.2 Å². The predicted octanol–water partition coefficient (Wildman–Crippen LogP) is 1.60. The Bertz CT molecular complexity index is 222. The molecule has 1 atom stereocenters. The van der Waals surface area contributed by atoms with Gasteiger partial charge in [0.05, 0.1) is 0 Å². The molecule has 4 heteroatoms. The van der Waals surface area contributed by atoms with Crippen molar-refractivity contribution in [1.29, 1.82) is 0 Å². The molecule has 1 unspecified atom stereocenters. The number of hydrogen-bond donors (Lipinski definition) is 1.